The summed E-state index contributed by atoms with van der Waals surface area (Å²) < 4.78 is 15.1. The lowest BCUT2D eigenvalue weighted by atomic mass is 10.0. The van der Waals surface area contributed by atoms with Gasteiger partial charge in [-0.15, -0.1) is 0 Å². The Bertz CT molecular complexity index is 567. The predicted octanol–water partition coefficient (Wildman–Crippen LogP) is 2.14. The SMILES string of the molecule is COC(=O)[C@](N)(CSCc1ccc(OC)cc1)C(=O)OC(C)(C)C. The molecular weight excluding hydrogens is 330 g/mol. The summed E-state index contributed by atoms with van der Waals surface area (Å²) in [4.78, 5) is 24.3. The molecule has 0 aliphatic carbocycles. The van der Waals surface area contributed by atoms with Gasteiger partial charge in [0.25, 0.3) is 0 Å². The summed E-state index contributed by atoms with van der Waals surface area (Å²) in [6.45, 7) is 5.15. The van der Waals surface area contributed by atoms with Crippen LogP contribution in [0.15, 0.2) is 24.3 Å². The second-order valence-corrected chi connectivity index (χ2v) is 7.29. The number of benzene rings is 1. The predicted molar refractivity (Wildman–Crippen MR) is 93.9 cm³/mol. The van der Waals surface area contributed by atoms with Crippen LogP contribution in [0.2, 0.25) is 0 Å². The number of hydrogen-bond acceptors (Lipinski definition) is 7. The van der Waals surface area contributed by atoms with Crippen LogP contribution in [-0.4, -0.2) is 43.1 Å². The maximum Gasteiger partial charge on any atom is 0.339 e. The molecule has 0 fully saturated rings. The molecule has 0 bridgehead atoms. The van der Waals surface area contributed by atoms with Crippen LogP contribution in [0.4, 0.5) is 0 Å². The molecule has 0 aliphatic rings. The van der Waals surface area contributed by atoms with Gasteiger partial charge in [-0.05, 0) is 38.5 Å². The first kappa shape index (κ1) is 20.3. The van der Waals surface area contributed by atoms with Crippen LogP contribution in [0.25, 0.3) is 0 Å². The lowest BCUT2D eigenvalue weighted by Crippen LogP contribution is -2.59. The Morgan fingerprint density at radius 3 is 2.12 bits per heavy atom. The van der Waals surface area contributed by atoms with E-state index in [4.69, 9.17) is 15.2 Å². The van der Waals surface area contributed by atoms with Gasteiger partial charge in [-0.1, -0.05) is 12.1 Å². The minimum Gasteiger partial charge on any atom is -0.497 e. The van der Waals surface area contributed by atoms with E-state index in [0.717, 1.165) is 11.3 Å². The van der Waals surface area contributed by atoms with Crippen molar-refractivity contribution in [2.75, 3.05) is 20.0 Å². The molecule has 0 heterocycles. The highest BCUT2D eigenvalue weighted by Crippen LogP contribution is 2.22. The molecule has 0 aliphatic heterocycles. The maximum atomic E-state index is 12.3. The van der Waals surface area contributed by atoms with Crippen LogP contribution in [0.3, 0.4) is 0 Å². The molecule has 1 rings (SSSR count). The molecule has 0 saturated heterocycles. The van der Waals surface area contributed by atoms with Crippen LogP contribution in [-0.2, 0) is 24.8 Å². The number of carbonyl (C=O) groups excluding carboxylic acids is 2. The molecule has 2 N–H and O–H groups in total. The number of nitrogens with two attached hydrogens (primary N) is 1. The molecular formula is C17H25NO5S. The monoisotopic (exact) mass is 355 g/mol. The van der Waals surface area contributed by atoms with Gasteiger partial charge in [0.2, 0.25) is 5.54 Å². The van der Waals surface area contributed by atoms with Gasteiger partial charge in [0.05, 0.1) is 14.2 Å². The molecule has 1 aromatic rings. The van der Waals surface area contributed by atoms with E-state index in [-0.39, 0.29) is 5.75 Å². The van der Waals surface area contributed by atoms with E-state index >= 15 is 0 Å². The highest BCUT2D eigenvalue weighted by atomic mass is 32.2. The molecule has 0 aromatic heterocycles. The largest absolute Gasteiger partial charge is 0.497 e. The Morgan fingerprint density at radius 2 is 1.67 bits per heavy atom. The molecule has 134 valence electrons. The highest BCUT2D eigenvalue weighted by molar-refractivity contribution is 7.98. The van der Waals surface area contributed by atoms with E-state index in [2.05, 4.69) is 4.74 Å². The van der Waals surface area contributed by atoms with Gasteiger partial charge in [-0.3, -0.25) is 0 Å². The Kier molecular flexibility index (Phi) is 7.10. The average Bonchev–Trinajstić information content (AvgIpc) is 2.52. The number of carbonyl (C=O) groups is 2. The summed E-state index contributed by atoms with van der Waals surface area (Å²) in [5.41, 5.74) is 4.47. The zero-order valence-electron chi connectivity index (χ0n) is 14.8. The van der Waals surface area contributed by atoms with Gasteiger partial charge in [0.15, 0.2) is 0 Å². The third-order valence-electron chi connectivity index (χ3n) is 3.07. The van der Waals surface area contributed by atoms with E-state index in [0.29, 0.717) is 5.75 Å². The molecule has 0 amide bonds. The van der Waals surface area contributed by atoms with Crippen LogP contribution < -0.4 is 10.5 Å². The maximum absolute atomic E-state index is 12.3. The smallest absolute Gasteiger partial charge is 0.339 e. The Morgan fingerprint density at radius 1 is 1.08 bits per heavy atom. The minimum absolute atomic E-state index is 0.0562. The highest BCUT2D eigenvalue weighted by Gasteiger charge is 2.46. The molecule has 0 saturated carbocycles. The van der Waals surface area contributed by atoms with Crippen LogP contribution >= 0.6 is 11.8 Å². The molecule has 7 heteroatoms. The zero-order valence-corrected chi connectivity index (χ0v) is 15.6. The summed E-state index contributed by atoms with van der Waals surface area (Å²) in [5, 5.41) is 0. The van der Waals surface area contributed by atoms with Crippen molar-refractivity contribution in [3.8, 4) is 5.75 Å². The van der Waals surface area contributed by atoms with Crippen molar-refractivity contribution in [1.29, 1.82) is 0 Å². The molecule has 1 aromatic carbocycles. The lowest BCUT2D eigenvalue weighted by molar-refractivity contribution is -0.169. The summed E-state index contributed by atoms with van der Waals surface area (Å²) in [6, 6.07) is 7.52. The second kappa shape index (κ2) is 8.39. The second-order valence-electron chi connectivity index (χ2n) is 6.31. The number of thioether (sulfide) groups is 1. The van der Waals surface area contributed by atoms with E-state index in [1.807, 2.05) is 24.3 Å². The topological polar surface area (TPSA) is 87.9 Å². The number of rotatable bonds is 7. The minimum atomic E-state index is -1.83. The van der Waals surface area contributed by atoms with Crippen molar-refractivity contribution in [3.63, 3.8) is 0 Å². The van der Waals surface area contributed by atoms with E-state index < -0.39 is 23.1 Å². The van der Waals surface area contributed by atoms with Crippen LogP contribution in [0, 0.1) is 0 Å². The van der Waals surface area contributed by atoms with Gasteiger partial charge in [0, 0.05) is 11.5 Å². The molecule has 0 unspecified atom stereocenters. The summed E-state index contributed by atoms with van der Waals surface area (Å²) in [6.07, 6.45) is 0. The van der Waals surface area contributed by atoms with Gasteiger partial charge in [-0.25, -0.2) is 9.59 Å². The van der Waals surface area contributed by atoms with Gasteiger partial charge < -0.3 is 19.9 Å². The van der Waals surface area contributed by atoms with E-state index in [1.54, 1.807) is 27.9 Å². The van der Waals surface area contributed by atoms with E-state index in [1.165, 1.54) is 18.9 Å². The average molecular weight is 355 g/mol. The van der Waals surface area contributed by atoms with Gasteiger partial charge >= 0.3 is 11.9 Å². The number of hydrogen-bond donors (Lipinski definition) is 1. The van der Waals surface area contributed by atoms with E-state index in [9.17, 15) is 9.59 Å². The third-order valence-corrected chi connectivity index (χ3v) is 4.27. The molecule has 6 nitrogen and oxygen atoms in total. The van der Waals surface area contributed by atoms with Crippen molar-refractivity contribution in [2.24, 2.45) is 5.73 Å². The van der Waals surface area contributed by atoms with Crippen molar-refractivity contribution in [3.05, 3.63) is 29.8 Å². The first-order chi connectivity index (χ1) is 11.1. The van der Waals surface area contributed by atoms with Gasteiger partial charge in [0.1, 0.15) is 11.4 Å². The number of esters is 2. The van der Waals surface area contributed by atoms with Gasteiger partial charge in [-0.2, -0.15) is 11.8 Å². The molecule has 1 atom stereocenters. The lowest BCUT2D eigenvalue weighted by Gasteiger charge is -2.28. The fraction of sp³-hybridized carbons (Fsp3) is 0.529. The summed E-state index contributed by atoms with van der Waals surface area (Å²) in [5.74, 6) is -0.188. The molecule has 24 heavy (non-hydrogen) atoms. The summed E-state index contributed by atoms with van der Waals surface area (Å²) >= 11 is 1.36. The first-order valence-corrected chi connectivity index (χ1v) is 8.59. The Hall–Kier alpha value is -1.73. The van der Waals surface area contributed by atoms with Crippen molar-refractivity contribution >= 4 is 23.7 Å². The first-order valence-electron chi connectivity index (χ1n) is 7.44. The fourth-order valence-corrected chi connectivity index (χ4v) is 2.89. The Labute approximate surface area is 147 Å². The Balaban J connectivity index is 2.75. The number of ether oxygens (including phenoxy) is 3. The molecule has 0 radical (unpaired) electrons. The number of methoxy groups -OCH3 is 2. The fourth-order valence-electron chi connectivity index (χ4n) is 1.80. The quantitative estimate of drug-likeness (QED) is 0.592. The standard InChI is InChI=1S/C17H25NO5S/c1-16(2,3)23-15(20)17(18,14(19)22-5)11-24-10-12-6-8-13(21-4)9-7-12/h6-9H,10-11,18H2,1-5H3/t17-/m1/s1. The molecule has 0 spiro atoms. The van der Waals surface area contributed by atoms with Crippen molar-refractivity contribution in [2.45, 2.75) is 37.7 Å². The van der Waals surface area contributed by atoms with Crippen LogP contribution in [0.5, 0.6) is 5.75 Å². The van der Waals surface area contributed by atoms with Crippen LogP contribution in [0.1, 0.15) is 26.3 Å². The normalized spacial score (nSPS) is 13.8. The van der Waals surface area contributed by atoms with Crippen molar-refractivity contribution < 1.29 is 23.8 Å². The third kappa shape index (κ3) is 5.72. The summed E-state index contributed by atoms with van der Waals surface area (Å²) in [7, 11) is 2.80. The zero-order chi connectivity index (χ0) is 18.4. The van der Waals surface area contributed by atoms with Crippen molar-refractivity contribution in [1.82, 2.24) is 0 Å².